The first-order chi connectivity index (χ1) is 14.8. The van der Waals surface area contributed by atoms with E-state index in [4.69, 9.17) is 4.74 Å². The van der Waals surface area contributed by atoms with E-state index in [0.29, 0.717) is 18.0 Å². The Morgan fingerprint density at radius 1 is 1.03 bits per heavy atom. The maximum absolute atomic E-state index is 13.0. The molecule has 1 heterocycles. The summed E-state index contributed by atoms with van der Waals surface area (Å²) < 4.78 is 5.34. The molecule has 2 amide bonds. The van der Waals surface area contributed by atoms with Crippen LogP contribution in [0.25, 0.3) is 11.3 Å². The Balaban J connectivity index is 1.68. The van der Waals surface area contributed by atoms with Gasteiger partial charge in [-0.25, -0.2) is 9.78 Å². The van der Waals surface area contributed by atoms with Gasteiger partial charge in [0, 0.05) is 10.9 Å². The van der Waals surface area contributed by atoms with Crippen molar-refractivity contribution in [3.8, 4) is 11.3 Å². The lowest BCUT2D eigenvalue weighted by Gasteiger charge is -2.23. The Bertz CT molecular complexity index is 998. The maximum Gasteiger partial charge on any atom is 0.408 e. The lowest BCUT2D eigenvalue weighted by Crippen LogP contribution is -2.46. The number of benzene rings is 2. The average molecular weight is 438 g/mol. The van der Waals surface area contributed by atoms with Gasteiger partial charge in [0.25, 0.3) is 0 Å². The number of aromatic nitrogens is 1. The molecular formula is C24H27N3O3S. The van der Waals surface area contributed by atoms with Gasteiger partial charge in [0.1, 0.15) is 11.6 Å². The normalized spacial score (nSPS) is 12.1. The molecule has 162 valence electrons. The highest BCUT2D eigenvalue weighted by atomic mass is 32.1. The standard InChI is InChI=1S/C24H27N3O3S/c1-24(2,3)30-23(29)26-19(15-14-17-10-6-4-7-11-17)21(28)27-22-25-20(16-31-22)18-12-8-5-9-13-18/h4-13,16,19H,14-15H2,1-3H3,(H,26,29)(H,25,27,28)/t19-/m0/s1. The zero-order chi connectivity index (χ0) is 22.3. The van der Waals surface area contributed by atoms with Crippen molar-refractivity contribution in [2.75, 3.05) is 5.32 Å². The van der Waals surface area contributed by atoms with E-state index in [1.807, 2.05) is 66.0 Å². The van der Waals surface area contributed by atoms with Crippen LogP contribution in [0, 0.1) is 0 Å². The summed E-state index contributed by atoms with van der Waals surface area (Å²) in [6.07, 6.45) is 0.457. The summed E-state index contributed by atoms with van der Waals surface area (Å²) in [6.45, 7) is 5.35. The second kappa shape index (κ2) is 10.2. The Morgan fingerprint density at radius 3 is 2.32 bits per heavy atom. The fourth-order valence-electron chi connectivity index (χ4n) is 2.94. The topological polar surface area (TPSA) is 80.3 Å². The van der Waals surface area contributed by atoms with E-state index >= 15 is 0 Å². The largest absolute Gasteiger partial charge is 0.444 e. The van der Waals surface area contributed by atoms with Gasteiger partial charge in [-0.05, 0) is 39.2 Å². The number of amides is 2. The van der Waals surface area contributed by atoms with Crippen LogP contribution in [-0.2, 0) is 16.0 Å². The van der Waals surface area contributed by atoms with Gasteiger partial charge in [0.2, 0.25) is 5.91 Å². The molecule has 0 saturated carbocycles. The van der Waals surface area contributed by atoms with Crippen LogP contribution < -0.4 is 10.6 Å². The second-order valence-corrected chi connectivity index (χ2v) is 8.97. The predicted molar refractivity (Wildman–Crippen MR) is 124 cm³/mol. The molecular weight excluding hydrogens is 410 g/mol. The van der Waals surface area contributed by atoms with Gasteiger partial charge in [0.05, 0.1) is 5.69 Å². The molecule has 31 heavy (non-hydrogen) atoms. The molecule has 7 heteroatoms. The summed E-state index contributed by atoms with van der Waals surface area (Å²) in [6, 6.07) is 18.8. The Labute approximate surface area is 186 Å². The van der Waals surface area contributed by atoms with Crippen LogP contribution in [0.15, 0.2) is 66.0 Å². The number of rotatable bonds is 7. The van der Waals surface area contributed by atoms with E-state index in [-0.39, 0.29) is 5.91 Å². The van der Waals surface area contributed by atoms with Crippen LogP contribution in [0.5, 0.6) is 0 Å². The fourth-order valence-corrected chi connectivity index (χ4v) is 3.66. The minimum absolute atomic E-state index is 0.323. The third-order valence-electron chi connectivity index (χ3n) is 4.38. The Kier molecular flexibility index (Phi) is 7.41. The van der Waals surface area contributed by atoms with E-state index in [9.17, 15) is 9.59 Å². The monoisotopic (exact) mass is 437 g/mol. The van der Waals surface area contributed by atoms with Gasteiger partial charge < -0.3 is 15.4 Å². The highest BCUT2D eigenvalue weighted by molar-refractivity contribution is 7.14. The van der Waals surface area contributed by atoms with Crippen LogP contribution in [0.1, 0.15) is 32.8 Å². The van der Waals surface area contributed by atoms with E-state index in [1.54, 1.807) is 20.8 Å². The number of thiazole rings is 1. The molecule has 0 spiro atoms. The van der Waals surface area contributed by atoms with Crippen LogP contribution in [-0.4, -0.2) is 28.6 Å². The van der Waals surface area contributed by atoms with E-state index in [1.165, 1.54) is 11.3 Å². The summed E-state index contributed by atoms with van der Waals surface area (Å²) in [4.78, 5) is 29.8. The molecule has 0 radical (unpaired) electrons. The molecule has 1 atom stereocenters. The third kappa shape index (κ3) is 7.22. The van der Waals surface area contributed by atoms with Crippen molar-refractivity contribution in [1.29, 1.82) is 0 Å². The molecule has 0 aliphatic rings. The summed E-state index contributed by atoms with van der Waals surface area (Å²) in [5, 5.41) is 7.92. The second-order valence-electron chi connectivity index (χ2n) is 8.12. The van der Waals surface area contributed by atoms with E-state index in [2.05, 4.69) is 15.6 Å². The van der Waals surface area contributed by atoms with E-state index in [0.717, 1.165) is 16.8 Å². The molecule has 2 aromatic carbocycles. The van der Waals surface area contributed by atoms with Gasteiger partial charge in [-0.2, -0.15) is 0 Å². The average Bonchev–Trinajstić information content (AvgIpc) is 3.19. The highest BCUT2D eigenvalue weighted by Gasteiger charge is 2.25. The molecule has 6 nitrogen and oxygen atoms in total. The third-order valence-corrected chi connectivity index (χ3v) is 5.13. The van der Waals surface area contributed by atoms with Crippen molar-refractivity contribution < 1.29 is 14.3 Å². The number of nitrogens with zero attached hydrogens (tertiary/aromatic N) is 1. The van der Waals surface area contributed by atoms with Crippen LogP contribution in [0.3, 0.4) is 0 Å². The quantitative estimate of drug-likeness (QED) is 0.527. The molecule has 3 aromatic rings. The molecule has 2 N–H and O–H groups in total. The first kappa shape index (κ1) is 22.5. The lowest BCUT2D eigenvalue weighted by atomic mass is 10.0. The Morgan fingerprint density at radius 2 is 1.68 bits per heavy atom. The molecule has 0 aliphatic carbocycles. The zero-order valence-electron chi connectivity index (χ0n) is 17.9. The number of hydrogen-bond acceptors (Lipinski definition) is 5. The minimum atomic E-state index is -0.751. The van der Waals surface area contributed by atoms with Gasteiger partial charge in [-0.1, -0.05) is 60.7 Å². The van der Waals surface area contributed by atoms with Crippen molar-refractivity contribution in [2.24, 2.45) is 0 Å². The first-order valence-electron chi connectivity index (χ1n) is 10.2. The number of anilines is 1. The van der Waals surface area contributed by atoms with Crippen LogP contribution >= 0.6 is 11.3 Å². The van der Waals surface area contributed by atoms with Crippen molar-refractivity contribution >= 4 is 28.5 Å². The van der Waals surface area contributed by atoms with Crippen molar-refractivity contribution in [1.82, 2.24) is 10.3 Å². The maximum atomic E-state index is 13.0. The van der Waals surface area contributed by atoms with Crippen molar-refractivity contribution in [3.05, 3.63) is 71.6 Å². The molecule has 3 rings (SSSR count). The molecule has 1 aromatic heterocycles. The summed E-state index contributed by atoms with van der Waals surface area (Å²) >= 11 is 1.35. The first-order valence-corrected chi connectivity index (χ1v) is 11.0. The number of ether oxygens (including phenoxy) is 1. The smallest absolute Gasteiger partial charge is 0.408 e. The summed E-state index contributed by atoms with van der Waals surface area (Å²) in [7, 11) is 0. The lowest BCUT2D eigenvalue weighted by molar-refractivity contribution is -0.118. The zero-order valence-corrected chi connectivity index (χ0v) is 18.7. The summed E-state index contributed by atoms with van der Waals surface area (Å²) in [5.74, 6) is -0.323. The molecule has 0 unspecified atom stereocenters. The fraction of sp³-hybridized carbons (Fsp3) is 0.292. The minimum Gasteiger partial charge on any atom is -0.444 e. The SMILES string of the molecule is CC(C)(C)OC(=O)N[C@@H](CCc1ccccc1)C(=O)Nc1nc(-c2ccccc2)cs1. The van der Waals surface area contributed by atoms with Gasteiger partial charge in [-0.3, -0.25) is 4.79 Å². The van der Waals surface area contributed by atoms with Gasteiger partial charge >= 0.3 is 6.09 Å². The van der Waals surface area contributed by atoms with Crippen LogP contribution in [0.2, 0.25) is 0 Å². The summed E-state index contributed by atoms with van der Waals surface area (Å²) in [5.41, 5.74) is 2.21. The molecule has 0 bridgehead atoms. The molecule has 0 fully saturated rings. The predicted octanol–water partition coefficient (Wildman–Crippen LogP) is 5.27. The number of nitrogens with one attached hydrogen (secondary N) is 2. The molecule has 0 saturated heterocycles. The number of carbonyl (C=O) groups excluding carboxylic acids is 2. The van der Waals surface area contributed by atoms with Crippen LogP contribution in [0.4, 0.5) is 9.93 Å². The number of hydrogen-bond donors (Lipinski definition) is 2. The number of carbonyl (C=O) groups is 2. The number of alkyl carbamates (subject to hydrolysis) is 1. The highest BCUT2D eigenvalue weighted by Crippen LogP contribution is 2.24. The number of aryl methyl sites for hydroxylation is 1. The van der Waals surface area contributed by atoms with Crippen molar-refractivity contribution in [3.63, 3.8) is 0 Å². The van der Waals surface area contributed by atoms with E-state index < -0.39 is 17.7 Å². The Hall–Kier alpha value is -3.19. The molecule has 0 aliphatic heterocycles. The van der Waals surface area contributed by atoms with Crippen molar-refractivity contribution in [2.45, 2.75) is 45.3 Å². The van der Waals surface area contributed by atoms with Gasteiger partial charge in [0.15, 0.2) is 5.13 Å². The van der Waals surface area contributed by atoms with Gasteiger partial charge in [-0.15, -0.1) is 11.3 Å².